The van der Waals surface area contributed by atoms with E-state index < -0.39 is 0 Å². The molecule has 0 saturated heterocycles. The number of aromatic nitrogens is 2. The maximum atomic E-state index is 12.7. The van der Waals surface area contributed by atoms with Crippen molar-refractivity contribution in [3.63, 3.8) is 0 Å². The van der Waals surface area contributed by atoms with Crippen LogP contribution in [-0.4, -0.2) is 9.55 Å². The lowest BCUT2D eigenvalue weighted by Crippen LogP contribution is -1.91. The van der Waals surface area contributed by atoms with E-state index in [0.29, 0.717) is 12.1 Å². The van der Waals surface area contributed by atoms with Gasteiger partial charge in [0.05, 0.1) is 12.0 Å². The quantitative estimate of drug-likeness (QED) is 0.554. The molecule has 0 aromatic carbocycles. The minimum atomic E-state index is -0.225. The summed E-state index contributed by atoms with van der Waals surface area (Å²) in [5, 5.41) is 0. The Kier molecular flexibility index (Phi) is 1.51. The van der Waals surface area contributed by atoms with Crippen LogP contribution in [0.2, 0.25) is 0 Å². The van der Waals surface area contributed by atoms with Crippen molar-refractivity contribution in [2.24, 2.45) is 7.05 Å². The van der Waals surface area contributed by atoms with E-state index in [1.807, 2.05) is 6.92 Å². The molecule has 3 heteroatoms. The lowest BCUT2D eigenvalue weighted by Gasteiger charge is -1.89. The van der Waals surface area contributed by atoms with Crippen LogP contribution in [-0.2, 0) is 13.5 Å². The molecule has 0 saturated carbocycles. The van der Waals surface area contributed by atoms with Crippen molar-refractivity contribution in [1.82, 2.24) is 9.55 Å². The summed E-state index contributed by atoms with van der Waals surface area (Å²) < 4.78 is 14.0. The van der Waals surface area contributed by atoms with Gasteiger partial charge in [-0.1, -0.05) is 6.92 Å². The molecule has 0 bridgehead atoms. The van der Waals surface area contributed by atoms with Gasteiger partial charge in [0.25, 0.3) is 0 Å². The van der Waals surface area contributed by atoms with E-state index >= 15 is 0 Å². The molecule has 0 unspecified atom stereocenters. The summed E-state index contributed by atoms with van der Waals surface area (Å²) in [5.41, 5.74) is 0.539. The molecule has 9 heavy (non-hydrogen) atoms. The van der Waals surface area contributed by atoms with E-state index in [2.05, 4.69) is 4.98 Å². The Morgan fingerprint density at radius 2 is 2.44 bits per heavy atom. The molecular formula is C6H9FN2. The first-order chi connectivity index (χ1) is 4.25. The Morgan fingerprint density at radius 1 is 1.78 bits per heavy atom. The summed E-state index contributed by atoms with van der Waals surface area (Å²) in [4.78, 5) is 3.82. The minimum absolute atomic E-state index is 0.225. The lowest BCUT2D eigenvalue weighted by atomic mass is 10.4. The molecule has 0 fully saturated rings. The molecule has 0 aliphatic rings. The van der Waals surface area contributed by atoms with Crippen LogP contribution in [0.1, 0.15) is 12.6 Å². The SMILES string of the molecule is CCc1ncn(C)c1F. The summed E-state index contributed by atoms with van der Waals surface area (Å²) >= 11 is 0. The molecule has 0 N–H and O–H groups in total. The Hall–Kier alpha value is -0.860. The molecule has 0 atom stereocenters. The van der Waals surface area contributed by atoms with Crippen LogP contribution < -0.4 is 0 Å². The summed E-state index contributed by atoms with van der Waals surface area (Å²) in [5.74, 6) is -0.225. The van der Waals surface area contributed by atoms with Crippen LogP contribution in [0, 0.1) is 5.95 Å². The zero-order valence-electron chi connectivity index (χ0n) is 5.56. The smallest absolute Gasteiger partial charge is 0.216 e. The van der Waals surface area contributed by atoms with Crippen LogP contribution in [0.5, 0.6) is 0 Å². The fourth-order valence-electron chi connectivity index (χ4n) is 0.701. The normalized spacial score (nSPS) is 10.1. The van der Waals surface area contributed by atoms with E-state index in [1.54, 1.807) is 7.05 Å². The van der Waals surface area contributed by atoms with E-state index in [9.17, 15) is 4.39 Å². The van der Waals surface area contributed by atoms with Crippen LogP contribution in [0.25, 0.3) is 0 Å². The maximum Gasteiger partial charge on any atom is 0.216 e. The van der Waals surface area contributed by atoms with Gasteiger partial charge in [-0.3, -0.25) is 0 Å². The van der Waals surface area contributed by atoms with Gasteiger partial charge in [0.15, 0.2) is 0 Å². The van der Waals surface area contributed by atoms with Crippen LogP contribution in [0.15, 0.2) is 6.33 Å². The lowest BCUT2D eigenvalue weighted by molar-refractivity contribution is 0.524. The topological polar surface area (TPSA) is 17.8 Å². The Morgan fingerprint density at radius 3 is 2.67 bits per heavy atom. The van der Waals surface area contributed by atoms with Gasteiger partial charge in [0, 0.05) is 7.05 Å². The van der Waals surface area contributed by atoms with Gasteiger partial charge in [0.1, 0.15) is 0 Å². The summed E-state index contributed by atoms with van der Waals surface area (Å²) in [7, 11) is 1.64. The monoisotopic (exact) mass is 128 g/mol. The number of rotatable bonds is 1. The fraction of sp³-hybridized carbons (Fsp3) is 0.500. The molecule has 0 amide bonds. The predicted octanol–water partition coefficient (Wildman–Crippen LogP) is 1.12. The molecule has 0 spiro atoms. The highest BCUT2D eigenvalue weighted by Gasteiger charge is 2.03. The molecule has 50 valence electrons. The third-order valence-electron chi connectivity index (χ3n) is 1.27. The Balaban J connectivity index is 3.04. The third-order valence-corrected chi connectivity index (χ3v) is 1.27. The second-order valence-corrected chi connectivity index (χ2v) is 1.95. The highest BCUT2D eigenvalue weighted by Crippen LogP contribution is 2.02. The number of halogens is 1. The Bertz CT molecular complexity index is 205. The van der Waals surface area contributed by atoms with Gasteiger partial charge in [-0.05, 0) is 6.42 Å². The molecule has 2 nitrogen and oxygen atoms in total. The highest BCUT2D eigenvalue weighted by atomic mass is 19.1. The van der Waals surface area contributed by atoms with Crippen LogP contribution >= 0.6 is 0 Å². The number of aryl methyl sites for hydroxylation is 2. The molecule has 1 aromatic heterocycles. The van der Waals surface area contributed by atoms with E-state index in [4.69, 9.17) is 0 Å². The number of imidazole rings is 1. The van der Waals surface area contributed by atoms with Crippen LogP contribution in [0.3, 0.4) is 0 Å². The predicted molar refractivity (Wildman–Crippen MR) is 32.5 cm³/mol. The average molecular weight is 128 g/mol. The van der Waals surface area contributed by atoms with Gasteiger partial charge >= 0.3 is 0 Å². The highest BCUT2D eigenvalue weighted by molar-refractivity contribution is 4.98. The van der Waals surface area contributed by atoms with Crippen molar-refractivity contribution < 1.29 is 4.39 Å². The third kappa shape index (κ3) is 0.943. The van der Waals surface area contributed by atoms with Gasteiger partial charge in [-0.15, -0.1) is 0 Å². The molecule has 1 aromatic rings. The fourth-order valence-corrected chi connectivity index (χ4v) is 0.701. The first-order valence-corrected chi connectivity index (χ1v) is 2.91. The van der Waals surface area contributed by atoms with E-state index in [1.165, 1.54) is 10.9 Å². The molecule has 1 rings (SSSR count). The van der Waals surface area contributed by atoms with E-state index in [0.717, 1.165) is 0 Å². The summed E-state index contributed by atoms with van der Waals surface area (Å²) in [6.07, 6.45) is 2.14. The second-order valence-electron chi connectivity index (χ2n) is 1.95. The van der Waals surface area contributed by atoms with Crippen molar-refractivity contribution in [3.05, 3.63) is 18.0 Å². The second kappa shape index (κ2) is 2.17. The first-order valence-electron chi connectivity index (χ1n) is 2.91. The standard InChI is InChI=1S/C6H9FN2/c1-3-5-6(7)9(2)4-8-5/h4H,3H2,1-2H3. The molecule has 0 aliphatic heterocycles. The Labute approximate surface area is 53.3 Å². The number of nitrogens with zero attached hydrogens (tertiary/aromatic N) is 2. The van der Waals surface area contributed by atoms with Crippen LogP contribution in [0.4, 0.5) is 4.39 Å². The molecule has 0 radical (unpaired) electrons. The van der Waals surface area contributed by atoms with Crippen molar-refractivity contribution in [1.29, 1.82) is 0 Å². The number of hydrogen-bond donors (Lipinski definition) is 0. The van der Waals surface area contributed by atoms with Crippen molar-refractivity contribution in [2.45, 2.75) is 13.3 Å². The zero-order valence-corrected chi connectivity index (χ0v) is 5.56. The molecule has 0 aliphatic carbocycles. The number of hydrogen-bond acceptors (Lipinski definition) is 1. The zero-order chi connectivity index (χ0) is 6.85. The summed E-state index contributed by atoms with van der Waals surface area (Å²) in [6, 6.07) is 0. The molecule has 1 heterocycles. The first kappa shape index (κ1) is 6.26. The van der Waals surface area contributed by atoms with Crippen molar-refractivity contribution >= 4 is 0 Å². The maximum absolute atomic E-state index is 12.7. The van der Waals surface area contributed by atoms with Gasteiger partial charge < -0.3 is 4.57 Å². The molecular weight excluding hydrogens is 119 g/mol. The van der Waals surface area contributed by atoms with E-state index in [-0.39, 0.29) is 5.95 Å². The largest absolute Gasteiger partial charge is 0.310 e. The summed E-state index contributed by atoms with van der Waals surface area (Å²) in [6.45, 7) is 1.88. The minimum Gasteiger partial charge on any atom is -0.310 e. The van der Waals surface area contributed by atoms with Crippen molar-refractivity contribution in [3.8, 4) is 0 Å². The van der Waals surface area contributed by atoms with Gasteiger partial charge in [0.2, 0.25) is 5.95 Å². The average Bonchev–Trinajstić information content (AvgIpc) is 2.15. The van der Waals surface area contributed by atoms with Gasteiger partial charge in [-0.25, -0.2) is 4.98 Å². The van der Waals surface area contributed by atoms with Gasteiger partial charge in [-0.2, -0.15) is 4.39 Å². The van der Waals surface area contributed by atoms with Crippen molar-refractivity contribution in [2.75, 3.05) is 0 Å².